The fourth-order valence-electron chi connectivity index (χ4n) is 4.22. The maximum absolute atomic E-state index is 13.1. The minimum Gasteiger partial charge on any atom is -0.468 e. The largest absolute Gasteiger partial charge is 0.468 e. The summed E-state index contributed by atoms with van der Waals surface area (Å²) < 4.78 is 88.1. The Morgan fingerprint density at radius 2 is 1.35 bits per heavy atom. The monoisotopic (exact) mass is 497 g/mol. The maximum atomic E-state index is 13.1. The first-order valence-electron chi connectivity index (χ1n) is 10.5. The Kier molecular flexibility index (Phi) is 8.96. The van der Waals surface area contributed by atoms with Crippen LogP contribution in [0.4, 0.5) is 26.3 Å². The van der Waals surface area contributed by atoms with Crippen molar-refractivity contribution in [1.82, 2.24) is 5.32 Å². The molecule has 0 bridgehead atoms. The van der Waals surface area contributed by atoms with Crippen LogP contribution in [0.5, 0.6) is 0 Å². The smallest absolute Gasteiger partial charge is 0.416 e. The van der Waals surface area contributed by atoms with Gasteiger partial charge in [0.1, 0.15) is 0 Å². The number of alkyl halides is 6. The van der Waals surface area contributed by atoms with Crippen LogP contribution in [0.1, 0.15) is 53.6 Å². The summed E-state index contributed by atoms with van der Waals surface area (Å²) in [7, 11) is 2.13. The SMILES string of the molecule is COC(=O)C(C(=O)OC)[C@H](CNC(=O)c1cc(C(F)(F)F)cc(C(F)(F)F)c1)C1CCCCC1. The van der Waals surface area contributed by atoms with E-state index in [1.54, 1.807) is 0 Å². The van der Waals surface area contributed by atoms with Crippen LogP contribution < -0.4 is 5.32 Å². The van der Waals surface area contributed by atoms with E-state index in [0.717, 1.165) is 33.5 Å². The Balaban J connectivity index is 2.36. The van der Waals surface area contributed by atoms with Gasteiger partial charge in [0.25, 0.3) is 5.91 Å². The molecule has 0 aliphatic heterocycles. The molecule has 0 heterocycles. The summed E-state index contributed by atoms with van der Waals surface area (Å²) in [6.45, 7) is -0.351. The number of carbonyl (C=O) groups excluding carboxylic acids is 3. The molecular formula is C22H25F6NO5. The third-order valence-corrected chi connectivity index (χ3v) is 5.94. The standard InChI is InChI=1S/C22H25F6NO5/c1-33-19(31)17(20(32)34-2)16(12-6-4-3-5-7-12)11-29-18(30)13-8-14(21(23,24)25)10-15(9-13)22(26,27)28/h8-10,12,16-17H,3-7,11H2,1-2H3,(H,29,30)/t16-/m1/s1. The Labute approximate surface area is 192 Å². The molecule has 1 aliphatic rings. The Hall–Kier alpha value is -2.79. The summed E-state index contributed by atoms with van der Waals surface area (Å²) in [5.41, 5.74) is -4.10. The molecule has 0 saturated heterocycles. The van der Waals surface area contributed by atoms with Crippen LogP contribution in [0.2, 0.25) is 0 Å². The van der Waals surface area contributed by atoms with Crippen molar-refractivity contribution in [2.75, 3.05) is 20.8 Å². The zero-order chi connectivity index (χ0) is 25.7. The van der Waals surface area contributed by atoms with Crippen LogP contribution in [0.3, 0.4) is 0 Å². The number of hydrogen-bond donors (Lipinski definition) is 1. The molecule has 0 unspecified atom stereocenters. The van der Waals surface area contributed by atoms with Gasteiger partial charge in [0.05, 0.1) is 25.3 Å². The molecule has 1 N–H and O–H groups in total. The van der Waals surface area contributed by atoms with Crippen molar-refractivity contribution in [2.45, 2.75) is 44.5 Å². The summed E-state index contributed by atoms with van der Waals surface area (Å²) in [5.74, 6) is -5.47. The van der Waals surface area contributed by atoms with Crippen LogP contribution in [0.25, 0.3) is 0 Å². The Morgan fingerprint density at radius 3 is 1.76 bits per heavy atom. The first kappa shape index (κ1) is 27.5. The number of halogens is 6. The molecule has 34 heavy (non-hydrogen) atoms. The molecule has 0 aromatic heterocycles. The van der Waals surface area contributed by atoms with E-state index in [4.69, 9.17) is 9.47 Å². The van der Waals surface area contributed by atoms with Crippen LogP contribution in [-0.4, -0.2) is 38.6 Å². The van der Waals surface area contributed by atoms with Gasteiger partial charge in [-0.25, -0.2) is 0 Å². The first-order valence-corrected chi connectivity index (χ1v) is 10.5. The highest BCUT2D eigenvalue weighted by atomic mass is 19.4. The lowest BCUT2D eigenvalue weighted by Gasteiger charge is -2.33. The van der Waals surface area contributed by atoms with E-state index in [-0.39, 0.29) is 18.5 Å². The zero-order valence-corrected chi connectivity index (χ0v) is 18.5. The lowest BCUT2D eigenvalue weighted by Crippen LogP contribution is -2.44. The van der Waals surface area contributed by atoms with Crippen molar-refractivity contribution in [1.29, 1.82) is 0 Å². The van der Waals surface area contributed by atoms with E-state index in [1.165, 1.54) is 0 Å². The predicted molar refractivity (Wildman–Crippen MR) is 106 cm³/mol. The Morgan fingerprint density at radius 1 is 0.882 bits per heavy atom. The van der Waals surface area contributed by atoms with Crippen molar-refractivity contribution in [3.63, 3.8) is 0 Å². The van der Waals surface area contributed by atoms with Gasteiger partial charge in [-0.1, -0.05) is 32.1 Å². The highest BCUT2D eigenvalue weighted by Crippen LogP contribution is 2.37. The molecule has 12 heteroatoms. The van der Waals surface area contributed by atoms with Gasteiger partial charge in [0.15, 0.2) is 5.92 Å². The van der Waals surface area contributed by atoms with Gasteiger partial charge >= 0.3 is 24.3 Å². The van der Waals surface area contributed by atoms with Crippen molar-refractivity contribution >= 4 is 17.8 Å². The van der Waals surface area contributed by atoms with E-state index in [0.29, 0.717) is 25.0 Å². The highest BCUT2D eigenvalue weighted by Gasteiger charge is 2.42. The predicted octanol–water partition coefficient (Wildman–Crippen LogP) is 4.61. The van der Waals surface area contributed by atoms with E-state index < -0.39 is 58.7 Å². The third kappa shape index (κ3) is 6.86. The van der Waals surface area contributed by atoms with Crippen molar-refractivity contribution < 1.29 is 50.2 Å². The Bertz CT molecular complexity index is 845. The van der Waals surface area contributed by atoms with Crippen molar-refractivity contribution in [2.24, 2.45) is 17.8 Å². The third-order valence-electron chi connectivity index (χ3n) is 5.94. The molecule has 1 aliphatic carbocycles. The summed E-state index contributed by atoms with van der Waals surface area (Å²) >= 11 is 0. The number of esters is 2. The van der Waals surface area contributed by atoms with E-state index >= 15 is 0 Å². The molecule has 1 saturated carbocycles. The lowest BCUT2D eigenvalue weighted by molar-refractivity contribution is -0.163. The van der Waals surface area contributed by atoms with Gasteiger partial charge in [0.2, 0.25) is 0 Å². The average molecular weight is 497 g/mol. The van der Waals surface area contributed by atoms with E-state index in [1.807, 2.05) is 0 Å². The minimum atomic E-state index is -5.11. The molecule has 2 rings (SSSR count). The van der Waals surface area contributed by atoms with Crippen LogP contribution >= 0.6 is 0 Å². The van der Waals surface area contributed by atoms with Crippen molar-refractivity contribution in [3.05, 3.63) is 34.9 Å². The lowest BCUT2D eigenvalue weighted by atomic mass is 9.73. The number of rotatable bonds is 7. The zero-order valence-electron chi connectivity index (χ0n) is 18.5. The van der Waals surface area contributed by atoms with Gasteiger partial charge < -0.3 is 14.8 Å². The molecule has 1 amide bonds. The molecule has 190 valence electrons. The number of methoxy groups -OCH3 is 2. The molecule has 0 radical (unpaired) electrons. The first-order chi connectivity index (χ1) is 15.8. The summed E-state index contributed by atoms with van der Waals surface area (Å²) in [4.78, 5) is 37.3. The van der Waals surface area contributed by atoms with E-state index in [2.05, 4.69) is 5.32 Å². The molecule has 1 atom stereocenters. The fraction of sp³-hybridized carbons (Fsp3) is 0.591. The summed E-state index contributed by atoms with van der Waals surface area (Å²) in [6.07, 6.45) is -6.45. The second-order valence-electron chi connectivity index (χ2n) is 8.09. The molecule has 0 spiro atoms. The number of nitrogens with one attached hydrogen (secondary N) is 1. The average Bonchev–Trinajstić information content (AvgIpc) is 2.79. The second-order valence-corrected chi connectivity index (χ2v) is 8.09. The minimum absolute atomic E-state index is 0.0772. The molecular weight excluding hydrogens is 472 g/mol. The summed E-state index contributed by atoms with van der Waals surface area (Å²) in [5, 5.41) is 2.30. The number of amides is 1. The quantitative estimate of drug-likeness (QED) is 0.338. The number of benzene rings is 1. The topological polar surface area (TPSA) is 81.7 Å². The van der Waals surface area contributed by atoms with Gasteiger partial charge in [-0.05, 0) is 24.1 Å². The number of ether oxygens (including phenoxy) is 2. The number of carbonyl (C=O) groups is 3. The van der Waals surface area contributed by atoms with E-state index in [9.17, 15) is 40.7 Å². The van der Waals surface area contributed by atoms with Crippen molar-refractivity contribution in [3.8, 4) is 0 Å². The maximum Gasteiger partial charge on any atom is 0.416 e. The number of hydrogen-bond acceptors (Lipinski definition) is 5. The molecule has 6 nitrogen and oxygen atoms in total. The van der Waals surface area contributed by atoms with Gasteiger partial charge in [-0.3, -0.25) is 14.4 Å². The normalized spacial score (nSPS) is 16.1. The van der Waals surface area contributed by atoms with Crippen LogP contribution in [-0.2, 0) is 31.4 Å². The van der Waals surface area contributed by atoms with Crippen LogP contribution in [0.15, 0.2) is 18.2 Å². The molecule has 1 aromatic rings. The fourth-order valence-corrected chi connectivity index (χ4v) is 4.22. The van der Waals surface area contributed by atoms with Gasteiger partial charge in [0, 0.05) is 18.0 Å². The van der Waals surface area contributed by atoms with Gasteiger partial charge in [-0.2, -0.15) is 26.3 Å². The van der Waals surface area contributed by atoms with Crippen LogP contribution in [0, 0.1) is 17.8 Å². The second kappa shape index (κ2) is 11.1. The summed E-state index contributed by atoms with van der Waals surface area (Å²) in [6, 6.07) is 0.558. The molecule has 1 aromatic carbocycles. The molecule has 1 fully saturated rings. The van der Waals surface area contributed by atoms with Gasteiger partial charge in [-0.15, -0.1) is 0 Å². The highest BCUT2D eigenvalue weighted by molar-refractivity contribution is 5.96.